The van der Waals surface area contributed by atoms with E-state index in [2.05, 4.69) is 48.6 Å². The minimum atomic E-state index is 0.162. The highest BCUT2D eigenvalue weighted by atomic mass is 16.7. The highest BCUT2D eigenvalue weighted by Gasteiger charge is 2.18. The van der Waals surface area contributed by atoms with Gasteiger partial charge in [-0.05, 0) is 42.3 Å². The van der Waals surface area contributed by atoms with Crippen LogP contribution in [0.15, 0.2) is 42.5 Å². The average molecular weight is 269 g/mol. The van der Waals surface area contributed by atoms with Gasteiger partial charge in [-0.3, -0.25) is 0 Å². The first kappa shape index (κ1) is 13.0. The second kappa shape index (κ2) is 5.55. The Hall–Kier alpha value is -2.00. The summed E-state index contributed by atoms with van der Waals surface area (Å²) in [5.41, 5.74) is 3.79. The molecule has 1 N–H and O–H groups in total. The molecule has 1 aliphatic rings. The third-order valence-corrected chi connectivity index (χ3v) is 3.74. The quantitative estimate of drug-likeness (QED) is 0.924. The maximum absolute atomic E-state index is 5.46. The van der Waals surface area contributed by atoms with Crippen LogP contribution in [0.4, 0.5) is 0 Å². The maximum Gasteiger partial charge on any atom is 0.231 e. The third-order valence-electron chi connectivity index (χ3n) is 3.74. The van der Waals surface area contributed by atoms with Gasteiger partial charge in [0.05, 0.1) is 6.04 Å². The number of ether oxygens (including phenoxy) is 2. The van der Waals surface area contributed by atoms with Crippen molar-refractivity contribution in [1.29, 1.82) is 0 Å². The van der Waals surface area contributed by atoms with Gasteiger partial charge in [0.15, 0.2) is 11.5 Å². The standard InChI is InChI=1S/C17H19NO2/c1-3-12-4-6-13(7-5-12)17(18-2)14-8-9-15-16(10-14)20-11-19-15/h4-10,17-18H,3,11H2,1-2H3. The Bertz CT molecular complexity index is 592. The maximum atomic E-state index is 5.46. The molecule has 0 saturated heterocycles. The molecule has 2 aromatic carbocycles. The second-order valence-electron chi connectivity index (χ2n) is 4.93. The van der Waals surface area contributed by atoms with Gasteiger partial charge in [-0.25, -0.2) is 0 Å². The summed E-state index contributed by atoms with van der Waals surface area (Å²) in [5.74, 6) is 1.65. The van der Waals surface area contributed by atoms with Gasteiger partial charge in [-0.1, -0.05) is 37.3 Å². The molecule has 1 aliphatic heterocycles. The zero-order valence-electron chi connectivity index (χ0n) is 11.8. The van der Waals surface area contributed by atoms with Gasteiger partial charge in [0.2, 0.25) is 6.79 Å². The van der Waals surface area contributed by atoms with E-state index in [4.69, 9.17) is 9.47 Å². The van der Waals surface area contributed by atoms with Crippen molar-refractivity contribution in [2.75, 3.05) is 13.8 Å². The number of rotatable bonds is 4. The summed E-state index contributed by atoms with van der Waals surface area (Å²) in [5, 5.41) is 3.37. The summed E-state index contributed by atoms with van der Waals surface area (Å²) >= 11 is 0. The van der Waals surface area contributed by atoms with Crippen molar-refractivity contribution >= 4 is 0 Å². The molecule has 0 saturated carbocycles. The van der Waals surface area contributed by atoms with Crippen LogP contribution in [0, 0.1) is 0 Å². The van der Waals surface area contributed by atoms with Crippen LogP contribution >= 0.6 is 0 Å². The topological polar surface area (TPSA) is 30.5 Å². The molecule has 0 radical (unpaired) electrons. The molecule has 1 heterocycles. The molecular weight excluding hydrogens is 250 g/mol. The van der Waals surface area contributed by atoms with Gasteiger partial charge in [-0.15, -0.1) is 0 Å². The lowest BCUT2D eigenvalue weighted by Gasteiger charge is -2.18. The SMILES string of the molecule is CCc1ccc(C(NC)c2ccc3c(c2)OCO3)cc1. The van der Waals surface area contributed by atoms with Crippen molar-refractivity contribution < 1.29 is 9.47 Å². The highest BCUT2D eigenvalue weighted by Crippen LogP contribution is 2.35. The zero-order valence-corrected chi connectivity index (χ0v) is 11.8. The monoisotopic (exact) mass is 269 g/mol. The molecular formula is C17H19NO2. The van der Waals surface area contributed by atoms with Gasteiger partial charge in [0.1, 0.15) is 0 Å². The molecule has 0 bridgehead atoms. The Balaban J connectivity index is 1.92. The summed E-state index contributed by atoms with van der Waals surface area (Å²) < 4.78 is 10.8. The lowest BCUT2D eigenvalue weighted by atomic mass is 9.97. The molecule has 1 atom stereocenters. The summed E-state index contributed by atoms with van der Waals surface area (Å²) in [6.07, 6.45) is 1.06. The number of nitrogens with one attached hydrogen (secondary N) is 1. The molecule has 3 rings (SSSR count). The van der Waals surface area contributed by atoms with Crippen LogP contribution in [-0.4, -0.2) is 13.8 Å². The van der Waals surface area contributed by atoms with Crippen LogP contribution in [0.1, 0.15) is 29.7 Å². The van der Waals surface area contributed by atoms with Crippen LogP contribution in [-0.2, 0) is 6.42 Å². The zero-order chi connectivity index (χ0) is 13.9. The molecule has 20 heavy (non-hydrogen) atoms. The summed E-state index contributed by atoms with van der Waals surface area (Å²) in [6, 6.07) is 15.0. The van der Waals surface area contributed by atoms with Gasteiger partial charge in [0.25, 0.3) is 0 Å². The fourth-order valence-electron chi connectivity index (χ4n) is 2.56. The average Bonchev–Trinajstić information content (AvgIpc) is 2.96. The largest absolute Gasteiger partial charge is 0.454 e. The normalized spacial score (nSPS) is 14.3. The van der Waals surface area contributed by atoms with Crippen LogP contribution in [0.3, 0.4) is 0 Å². The number of hydrogen-bond acceptors (Lipinski definition) is 3. The summed E-state index contributed by atoms with van der Waals surface area (Å²) in [6.45, 7) is 2.48. The van der Waals surface area contributed by atoms with E-state index in [0.29, 0.717) is 6.79 Å². The first-order valence-electron chi connectivity index (χ1n) is 6.97. The van der Waals surface area contributed by atoms with Crippen LogP contribution in [0.2, 0.25) is 0 Å². The minimum Gasteiger partial charge on any atom is -0.454 e. The predicted octanol–water partition coefficient (Wildman–Crippen LogP) is 3.29. The Kier molecular flexibility index (Phi) is 3.61. The minimum absolute atomic E-state index is 0.162. The molecule has 3 heteroatoms. The number of hydrogen-bond donors (Lipinski definition) is 1. The molecule has 1 unspecified atom stereocenters. The molecule has 0 spiro atoms. The van der Waals surface area contributed by atoms with E-state index < -0.39 is 0 Å². The van der Waals surface area contributed by atoms with E-state index in [1.165, 1.54) is 16.7 Å². The van der Waals surface area contributed by atoms with Crippen molar-refractivity contribution in [3.05, 3.63) is 59.2 Å². The lowest BCUT2D eigenvalue weighted by molar-refractivity contribution is 0.174. The molecule has 3 nitrogen and oxygen atoms in total. The van der Waals surface area contributed by atoms with Crippen LogP contribution in [0.5, 0.6) is 11.5 Å². The van der Waals surface area contributed by atoms with Gasteiger partial charge in [-0.2, -0.15) is 0 Å². The molecule has 0 aromatic heterocycles. The lowest BCUT2D eigenvalue weighted by Crippen LogP contribution is -2.17. The van der Waals surface area contributed by atoms with E-state index in [0.717, 1.165) is 17.9 Å². The Morgan fingerprint density at radius 3 is 2.40 bits per heavy atom. The van der Waals surface area contributed by atoms with Crippen molar-refractivity contribution in [3.63, 3.8) is 0 Å². The molecule has 2 aromatic rings. The van der Waals surface area contributed by atoms with E-state index >= 15 is 0 Å². The highest BCUT2D eigenvalue weighted by molar-refractivity contribution is 5.47. The van der Waals surface area contributed by atoms with Crippen molar-refractivity contribution in [2.45, 2.75) is 19.4 Å². The Labute approximate surface area is 119 Å². The van der Waals surface area contributed by atoms with Gasteiger partial charge < -0.3 is 14.8 Å². The van der Waals surface area contributed by atoms with Crippen LogP contribution in [0.25, 0.3) is 0 Å². The smallest absolute Gasteiger partial charge is 0.231 e. The van der Waals surface area contributed by atoms with E-state index in [1.54, 1.807) is 0 Å². The Morgan fingerprint density at radius 2 is 1.70 bits per heavy atom. The molecule has 0 amide bonds. The van der Waals surface area contributed by atoms with E-state index in [1.807, 2.05) is 13.1 Å². The first-order chi connectivity index (χ1) is 9.81. The molecule has 0 fully saturated rings. The number of fused-ring (bicyclic) bond motifs is 1. The predicted molar refractivity (Wildman–Crippen MR) is 79.3 cm³/mol. The number of benzene rings is 2. The summed E-state index contributed by atoms with van der Waals surface area (Å²) in [7, 11) is 1.98. The number of aryl methyl sites for hydroxylation is 1. The van der Waals surface area contributed by atoms with E-state index in [9.17, 15) is 0 Å². The fourth-order valence-corrected chi connectivity index (χ4v) is 2.56. The van der Waals surface area contributed by atoms with Gasteiger partial charge in [0, 0.05) is 0 Å². The van der Waals surface area contributed by atoms with Crippen LogP contribution < -0.4 is 14.8 Å². The van der Waals surface area contributed by atoms with Gasteiger partial charge >= 0.3 is 0 Å². The second-order valence-corrected chi connectivity index (χ2v) is 4.93. The van der Waals surface area contributed by atoms with Crippen molar-refractivity contribution in [3.8, 4) is 11.5 Å². The fraction of sp³-hybridized carbons (Fsp3) is 0.294. The summed E-state index contributed by atoms with van der Waals surface area (Å²) in [4.78, 5) is 0. The third kappa shape index (κ3) is 2.37. The van der Waals surface area contributed by atoms with Crippen molar-refractivity contribution in [2.24, 2.45) is 0 Å². The Morgan fingerprint density at radius 1 is 1.00 bits per heavy atom. The first-order valence-corrected chi connectivity index (χ1v) is 6.97. The van der Waals surface area contributed by atoms with E-state index in [-0.39, 0.29) is 6.04 Å². The molecule has 0 aliphatic carbocycles. The molecule has 104 valence electrons. The van der Waals surface area contributed by atoms with Crippen molar-refractivity contribution in [1.82, 2.24) is 5.32 Å².